The van der Waals surface area contributed by atoms with E-state index in [4.69, 9.17) is 4.98 Å². The van der Waals surface area contributed by atoms with E-state index in [1.807, 2.05) is 31.4 Å². The molecule has 32 heavy (non-hydrogen) atoms. The Morgan fingerprint density at radius 3 is 2.81 bits per heavy atom. The number of aromatic hydroxyl groups is 1. The minimum Gasteiger partial charge on any atom is -0.507 e. The molecule has 0 radical (unpaired) electrons. The van der Waals surface area contributed by atoms with E-state index >= 15 is 0 Å². The highest BCUT2D eigenvalue weighted by Gasteiger charge is 2.21. The number of rotatable bonds is 4. The topological polar surface area (TPSA) is 111 Å². The van der Waals surface area contributed by atoms with Crippen molar-refractivity contribution in [2.24, 2.45) is 7.05 Å². The highest BCUT2D eigenvalue weighted by molar-refractivity contribution is 5.90. The minimum atomic E-state index is -0.972. The van der Waals surface area contributed by atoms with Gasteiger partial charge >= 0.3 is 0 Å². The average Bonchev–Trinajstić information content (AvgIpc) is 3.15. The van der Waals surface area contributed by atoms with Crippen molar-refractivity contribution in [3.8, 4) is 17.1 Å². The van der Waals surface area contributed by atoms with Crippen LogP contribution in [-0.4, -0.2) is 62.7 Å². The molecule has 4 N–H and O–H groups in total. The molecule has 0 aliphatic carbocycles. The zero-order chi connectivity index (χ0) is 22.4. The fourth-order valence-corrected chi connectivity index (χ4v) is 4.33. The van der Waals surface area contributed by atoms with Gasteiger partial charge in [0, 0.05) is 61.4 Å². The van der Waals surface area contributed by atoms with E-state index in [1.54, 1.807) is 17.8 Å². The molecule has 2 atom stereocenters. The summed E-state index contributed by atoms with van der Waals surface area (Å²) in [6.45, 7) is 4.92. The number of aliphatic hydroxyl groups is 1. The number of hydrogen-bond acceptors (Lipinski definition) is 8. The van der Waals surface area contributed by atoms with Gasteiger partial charge in [0.25, 0.3) is 0 Å². The standard InChI is InChI=1S/C23H27N7O2/c1-13-11-30(7-6-25-13)15-4-5-18-16(9-15)21(23(32)24-2)27-22(26-18)17-8-14-12-29(3)28-19(14)10-20(17)31/h4-5,8-10,12-13,23-25,31-32H,6-7,11H2,1-3H3/t13-,23?/m0/s1. The van der Waals surface area contributed by atoms with E-state index in [-0.39, 0.29) is 5.75 Å². The highest BCUT2D eigenvalue weighted by Crippen LogP contribution is 2.34. The number of aliphatic hydroxyl groups excluding tert-OH is 1. The molecule has 3 heterocycles. The molecule has 1 fully saturated rings. The molecule has 2 aromatic carbocycles. The van der Waals surface area contributed by atoms with Crippen LogP contribution in [0.3, 0.4) is 0 Å². The Morgan fingerprint density at radius 2 is 2.03 bits per heavy atom. The number of phenolic OH excluding ortho intramolecular Hbond substituents is 1. The van der Waals surface area contributed by atoms with Crippen LogP contribution in [0.15, 0.2) is 36.5 Å². The molecular weight excluding hydrogens is 406 g/mol. The van der Waals surface area contributed by atoms with Crippen molar-refractivity contribution in [1.82, 2.24) is 30.4 Å². The second-order valence-corrected chi connectivity index (χ2v) is 8.36. The fourth-order valence-electron chi connectivity index (χ4n) is 4.33. The Labute approximate surface area is 185 Å². The van der Waals surface area contributed by atoms with E-state index in [2.05, 4.69) is 38.6 Å². The van der Waals surface area contributed by atoms with Crippen LogP contribution in [0.4, 0.5) is 5.69 Å². The van der Waals surface area contributed by atoms with Crippen molar-refractivity contribution in [1.29, 1.82) is 0 Å². The SMILES string of the molecule is CNC(O)c1nc(-c2cc3cn(C)nc3cc2O)nc2ccc(N3CCN[C@@H](C)C3)cc12. The summed E-state index contributed by atoms with van der Waals surface area (Å²) in [5, 5.41) is 33.7. The molecule has 1 aliphatic heterocycles. The van der Waals surface area contributed by atoms with Crippen LogP contribution in [0.5, 0.6) is 5.75 Å². The first-order chi connectivity index (χ1) is 15.4. The monoisotopic (exact) mass is 433 g/mol. The molecule has 0 amide bonds. The lowest BCUT2D eigenvalue weighted by molar-refractivity contribution is 0.146. The molecule has 0 saturated carbocycles. The van der Waals surface area contributed by atoms with Crippen molar-refractivity contribution in [3.63, 3.8) is 0 Å². The number of nitrogens with one attached hydrogen (secondary N) is 2. The average molecular weight is 434 g/mol. The third kappa shape index (κ3) is 3.64. The van der Waals surface area contributed by atoms with E-state index in [9.17, 15) is 10.2 Å². The number of nitrogens with zero attached hydrogens (tertiary/aromatic N) is 5. The van der Waals surface area contributed by atoms with E-state index in [0.717, 1.165) is 36.1 Å². The molecule has 1 unspecified atom stereocenters. The molecule has 1 aliphatic rings. The predicted molar refractivity (Wildman–Crippen MR) is 125 cm³/mol. The summed E-state index contributed by atoms with van der Waals surface area (Å²) in [6.07, 6.45) is 0.907. The number of aromatic nitrogens is 4. The Balaban J connectivity index is 1.65. The van der Waals surface area contributed by atoms with Gasteiger partial charge in [0.2, 0.25) is 0 Å². The summed E-state index contributed by atoms with van der Waals surface area (Å²) in [4.78, 5) is 11.7. The summed E-state index contributed by atoms with van der Waals surface area (Å²) in [5.74, 6) is 0.403. The van der Waals surface area contributed by atoms with Gasteiger partial charge in [-0.05, 0) is 38.2 Å². The van der Waals surface area contributed by atoms with E-state index in [0.29, 0.717) is 34.2 Å². The quantitative estimate of drug-likeness (QED) is 0.361. The molecule has 166 valence electrons. The number of benzene rings is 2. The van der Waals surface area contributed by atoms with Crippen molar-refractivity contribution in [2.45, 2.75) is 19.2 Å². The van der Waals surface area contributed by atoms with Gasteiger partial charge in [0.15, 0.2) is 5.82 Å². The van der Waals surface area contributed by atoms with Crippen LogP contribution in [0.2, 0.25) is 0 Å². The molecule has 5 rings (SSSR count). The maximum atomic E-state index is 10.7. The largest absolute Gasteiger partial charge is 0.507 e. The van der Waals surface area contributed by atoms with Gasteiger partial charge in [-0.1, -0.05) is 0 Å². The molecular formula is C23H27N7O2. The van der Waals surface area contributed by atoms with Crippen LogP contribution in [0.1, 0.15) is 18.8 Å². The van der Waals surface area contributed by atoms with Gasteiger partial charge < -0.3 is 20.4 Å². The fraction of sp³-hybridized carbons (Fsp3) is 0.348. The summed E-state index contributed by atoms with van der Waals surface area (Å²) in [5.41, 5.74) is 3.45. The zero-order valence-electron chi connectivity index (χ0n) is 18.4. The van der Waals surface area contributed by atoms with Gasteiger partial charge in [0.05, 0.1) is 22.3 Å². The Morgan fingerprint density at radius 1 is 1.19 bits per heavy atom. The smallest absolute Gasteiger partial charge is 0.163 e. The summed E-state index contributed by atoms with van der Waals surface area (Å²) in [6, 6.07) is 9.89. The number of fused-ring (bicyclic) bond motifs is 2. The molecule has 9 nitrogen and oxygen atoms in total. The second-order valence-electron chi connectivity index (χ2n) is 8.36. The van der Waals surface area contributed by atoms with E-state index < -0.39 is 6.23 Å². The molecule has 2 aromatic heterocycles. The predicted octanol–water partition coefficient (Wildman–Crippen LogP) is 1.90. The zero-order valence-corrected chi connectivity index (χ0v) is 18.4. The van der Waals surface area contributed by atoms with Crippen LogP contribution < -0.4 is 15.5 Å². The first kappa shape index (κ1) is 20.6. The lowest BCUT2D eigenvalue weighted by atomic mass is 10.1. The number of phenols is 1. The lowest BCUT2D eigenvalue weighted by Crippen LogP contribution is -2.49. The van der Waals surface area contributed by atoms with Crippen LogP contribution in [-0.2, 0) is 7.05 Å². The normalized spacial score (nSPS) is 17.9. The van der Waals surface area contributed by atoms with Crippen molar-refractivity contribution in [2.75, 3.05) is 31.6 Å². The molecule has 9 heteroatoms. The Hall–Kier alpha value is -3.27. The third-order valence-electron chi connectivity index (χ3n) is 5.95. The number of aryl methyl sites for hydroxylation is 1. The molecule has 0 spiro atoms. The Kier molecular flexibility index (Phi) is 5.16. The van der Waals surface area contributed by atoms with Crippen LogP contribution >= 0.6 is 0 Å². The molecule has 1 saturated heterocycles. The van der Waals surface area contributed by atoms with Gasteiger partial charge in [-0.15, -0.1) is 0 Å². The van der Waals surface area contributed by atoms with Gasteiger partial charge in [-0.2, -0.15) is 5.10 Å². The summed E-state index contributed by atoms with van der Waals surface area (Å²) >= 11 is 0. The summed E-state index contributed by atoms with van der Waals surface area (Å²) in [7, 11) is 3.51. The highest BCUT2D eigenvalue weighted by atomic mass is 16.3. The minimum absolute atomic E-state index is 0.0480. The van der Waals surface area contributed by atoms with Crippen LogP contribution in [0, 0.1) is 0 Å². The first-order valence-corrected chi connectivity index (χ1v) is 10.7. The molecule has 4 aromatic rings. The first-order valence-electron chi connectivity index (χ1n) is 10.7. The Bertz CT molecular complexity index is 1300. The van der Waals surface area contributed by atoms with Gasteiger partial charge in [-0.3, -0.25) is 10.00 Å². The number of hydrogen-bond donors (Lipinski definition) is 4. The van der Waals surface area contributed by atoms with Gasteiger partial charge in [0.1, 0.15) is 12.0 Å². The third-order valence-corrected chi connectivity index (χ3v) is 5.95. The molecule has 0 bridgehead atoms. The van der Waals surface area contributed by atoms with Crippen molar-refractivity contribution < 1.29 is 10.2 Å². The van der Waals surface area contributed by atoms with Crippen molar-refractivity contribution in [3.05, 3.63) is 42.2 Å². The van der Waals surface area contributed by atoms with Crippen molar-refractivity contribution >= 4 is 27.5 Å². The lowest BCUT2D eigenvalue weighted by Gasteiger charge is -2.33. The summed E-state index contributed by atoms with van der Waals surface area (Å²) < 4.78 is 1.70. The van der Waals surface area contributed by atoms with E-state index in [1.165, 1.54) is 0 Å². The second kappa shape index (κ2) is 8.01. The van der Waals surface area contributed by atoms with Crippen LogP contribution in [0.25, 0.3) is 33.2 Å². The number of piperazine rings is 1. The maximum Gasteiger partial charge on any atom is 0.163 e. The number of anilines is 1. The van der Waals surface area contributed by atoms with Gasteiger partial charge in [-0.25, -0.2) is 9.97 Å². The maximum absolute atomic E-state index is 10.7.